The number of aryl methyl sites for hydroxylation is 1. The molecule has 0 unspecified atom stereocenters. The molecule has 0 spiro atoms. The number of hydrogen-bond acceptors (Lipinski definition) is 4. The van der Waals surface area contributed by atoms with E-state index in [1.165, 1.54) is 12.3 Å². The molecule has 1 amide bonds. The van der Waals surface area contributed by atoms with Crippen LogP contribution in [0.4, 0.5) is 17.1 Å². The highest BCUT2D eigenvalue weighted by molar-refractivity contribution is 6.36. The number of carbonyl (C=O) groups is 1. The van der Waals surface area contributed by atoms with E-state index in [9.17, 15) is 10.1 Å². The summed E-state index contributed by atoms with van der Waals surface area (Å²) in [5, 5.41) is 15.3. The Morgan fingerprint density at radius 3 is 2.62 bits per heavy atom. The van der Waals surface area contributed by atoms with Crippen molar-refractivity contribution in [3.05, 3.63) is 63.8 Å². The number of carbonyl (C=O) groups excluding carboxylic acids is 1. The van der Waals surface area contributed by atoms with Gasteiger partial charge in [0.15, 0.2) is 0 Å². The molecule has 0 atom stereocenters. The van der Waals surface area contributed by atoms with Crippen LogP contribution < -0.4 is 16.4 Å². The highest BCUT2D eigenvalue weighted by Gasteiger charge is 2.12. The molecular formula is C17H14Cl2N4O. The maximum Gasteiger partial charge on any atom is 0.267 e. The summed E-state index contributed by atoms with van der Waals surface area (Å²) in [4.78, 5) is 12.2. The van der Waals surface area contributed by atoms with E-state index in [0.717, 1.165) is 5.56 Å². The maximum absolute atomic E-state index is 12.2. The van der Waals surface area contributed by atoms with Gasteiger partial charge in [-0.25, -0.2) is 0 Å². The second kappa shape index (κ2) is 7.73. The molecule has 0 bridgehead atoms. The number of nitrogens with two attached hydrogens (primary N) is 1. The largest absolute Gasteiger partial charge is 0.397 e. The number of benzene rings is 2. The van der Waals surface area contributed by atoms with Gasteiger partial charge < -0.3 is 16.4 Å². The first-order chi connectivity index (χ1) is 11.4. The molecule has 0 saturated carbocycles. The van der Waals surface area contributed by atoms with Gasteiger partial charge in [-0.15, -0.1) is 0 Å². The van der Waals surface area contributed by atoms with E-state index in [1.807, 2.05) is 25.1 Å². The van der Waals surface area contributed by atoms with Crippen LogP contribution in [0.15, 0.2) is 48.2 Å². The zero-order valence-corrected chi connectivity index (χ0v) is 14.2. The lowest BCUT2D eigenvalue weighted by Crippen LogP contribution is -2.15. The summed E-state index contributed by atoms with van der Waals surface area (Å²) < 4.78 is 0. The maximum atomic E-state index is 12.2. The number of rotatable bonds is 4. The molecule has 0 radical (unpaired) electrons. The summed E-state index contributed by atoms with van der Waals surface area (Å²) in [6.45, 7) is 1.91. The van der Waals surface area contributed by atoms with Crippen LogP contribution in [0.5, 0.6) is 0 Å². The molecule has 2 aromatic carbocycles. The van der Waals surface area contributed by atoms with Crippen LogP contribution in [0.2, 0.25) is 10.0 Å². The van der Waals surface area contributed by atoms with E-state index < -0.39 is 5.91 Å². The Bertz CT molecular complexity index is 856. The van der Waals surface area contributed by atoms with Crippen molar-refractivity contribution in [2.45, 2.75) is 6.92 Å². The molecule has 0 aliphatic heterocycles. The second-order valence-corrected chi connectivity index (χ2v) is 5.83. The molecule has 0 saturated heterocycles. The molecule has 0 fully saturated rings. The Hall–Kier alpha value is -2.68. The van der Waals surface area contributed by atoms with Crippen LogP contribution in [-0.2, 0) is 4.79 Å². The van der Waals surface area contributed by atoms with Crippen molar-refractivity contribution in [1.29, 1.82) is 5.26 Å². The molecule has 4 N–H and O–H groups in total. The van der Waals surface area contributed by atoms with Crippen LogP contribution in [-0.4, -0.2) is 5.91 Å². The van der Waals surface area contributed by atoms with E-state index in [1.54, 1.807) is 18.2 Å². The predicted molar refractivity (Wildman–Crippen MR) is 98.0 cm³/mol. The van der Waals surface area contributed by atoms with Gasteiger partial charge in [0.1, 0.15) is 11.6 Å². The van der Waals surface area contributed by atoms with Crippen molar-refractivity contribution in [3.63, 3.8) is 0 Å². The molecule has 2 rings (SSSR count). The van der Waals surface area contributed by atoms with Crippen molar-refractivity contribution in [3.8, 4) is 6.07 Å². The van der Waals surface area contributed by atoms with E-state index in [0.29, 0.717) is 22.1 Å². The Kier molecular flexibility index (Phi) is 5.69. The van der Waals surface area contributed by atoms with Gasteiger partial charge in [-0.05, 0) is 42.8 Å². The van der Waals surface area contributed by atoms with Gasteiger partial charge in [-0.2, -0.15) is 5.26 Å². The Morgan fingerprint density at radius 1 is 1.21 bits per heavy atom. The highest BCUT2D eigenvalue weighted by atomic mass is 35.5. The minimum atomic E-state index is -0.597. The third-order valence-electron chi connectivity index (χ3n) is 3.13. The minimum Gasteiger partial charge on any atom is -0.397 e. The summed E-state index contributed by atoms with van der Waals surface area (Å²) in [6, 6.07) is 11.9. The molecule has 7 heteroatoms. The number of nitriles is 1. The Labute approximate surface area is 149 Å². The van der Waals surface area contributed by atoms with Crippen molar-refractivity contribution < 1.29 is 4.79 Å². The van der Waals surface area contributed by atoms with E-state index >= 15 is 0 Å². The number of anilines is 3. The van der Waals surface area contributed by atoms with Gasteiger partial charge in [0.25, 0.3) is 5.91 Å². The van der Waals surface area contributed by atoms with Crippen LogP contribution in [0.25, 0.3) is 0 Å². The van der Waals surface area contributed by atoms with Gasteiger partial charge in [0.05, 0.1) is 22.1 Å². The number of nitrogens with one attached hydrogen (secondary N) is 2. The zero-order chi connectivity index (χ0) is 17.7. The lowest BCUT2D eigenvalue weighted by molar-refractivity contribution is -0.112. The fraction of sp³-hybridized carbons (Fsp3) is 0.0588. The topological polar surface area (TPSA) is 90.9 Å². The fourth-order valence-electron chi connectivity index (χ4n) is 1.87. The minimum absolute atomic E-state index is 0.123. The highest BCUT2D eigenvalue weighted by Crippen LogP contribution is 2.26. The number of hydrogen-bond donors (Lipinski definition) is 3. The zero-order valence-electron chi connectivity index (χ0n) is 12.7. The first-order valence-electron chi connectivity index (χ1n) is 6.90. The standard InChI is InChI=1S/C17H14Cl2N4O/c1-10-2-4-14(21)16(6-10)22-9-11(8-20)17(24)23-15-5-3-12(18)7-13(15)19/h2-7,9,22H,21H2,1H3,(H,23,24)/b11-9-. The summed E-state index contributed by atoms with van der Waals surface area (Å²) in [7, 11) is 0. The van der Waals surface area contributed by atoms with Crippen LogP contribution in [0, 0.1) is 18.3 Å². The van der Waals surface area contributed by atoms with Gasteiger partial charge >= 0.3 is 0 Å². The van der Waals surface area contributed by atoms with Gasteiger partial charge in [0.2, 0.25) is 0 Å². The molecule has 0 aliphatic rings. The lowest BCUT2D eigenvalue weighted by Gasteiger charge is -2.09. The quantitative estimate of drug-likeness (QED) is 0.429. The van der Waals surface area contributed by atoms with Crippen LogP contribution >= 0.6 is 23.2 Å². The number of halogens is 2. The molecule has 2 aromatic rings. The fourth-order valence-corrected chi connectivity index (χ4v) is 2.33. The van der Waals surface area contributed by atoms with E-state index in [4.69, 9.17) is 28.9 Å². The third-order valence-corrected chi connectivity index (χ3v) is 3.67. The monoisotopic (exact) mass is 360 g/mol. The smallest absolute Gasteiger partial charge is 0.267 e. The predicted octanol–water partition coefficient (Wildman–Crippen LogP) is 4.34. The molecule has 0 aromatic heterocycles. The van der Waals surface area contributed by atoms with Crippen molar-refractivity contribution in [1.82, 2.24) is 0 Å². The SMILES string of the molecule is Cc1ccc(N)c(N/C=C(/C#N)C(=O)Nc2ccc(Cl)cc2Cl)c1. The van der Waals surface area contributed by atoms with Gasteiger partial charge in [-0.3, -0.25) is 4.79 Å². The van der Waals surface area contributed by atoms with Crippen molar-refractivity contribution >= 4 is 46.2 Å². The average Bonchev–Trinajstić information content (AvgIpc) is 2.54. The number of amides is 1. The van der Waals surface area contributed by atoms with Crippen molar-refractivity contribution in [2.24, 2.45) is 0 Å². The molecule has 0 heterocycles. The Morgan fingerprint density at radius 2 is 1.96 bits per heavy atom. The summed E-state index contributed by atoms with van der Waals surface area (Å²) in [5.74, 6) is -0.597. The van der Waals surface area contributed by atoms with Gasteiger partial charge in [-0.1, -0.05) is 29.3 Å². The van der Waals surface area contributed by atoms with Crippen molar-refractivity contribution in [2.75, 3.05) is 16.4 Å². The Balaban J connectivity index is 2.16. The summed E-state index contributed by atoms with van der Waals surface area (Å²) in [5.41, 5.74) is 8.20. The molecule has 122 valence electrons. The first kappa shape index (κ1) is 17.7. The molecule has 0 aliphatic carbocycles. The second-order valence-electron chi connectivity index (χ2n) is 4.98. The average molecular weight is 361 g/mol. The van der Waals surface area contributed by atoms with Gasteiger partial charge in [0, 0.05) is 11.2 Å². The summed E-state index contributed by atoms with van der Waals surface area (Å²) in [6.07, 6.45) is 1.30. The molecular weight excluding hydrogens is 347 g/mol. The first-order valence-corrected chi connectivity index (χ1v) is 7.65. The van der Waals surface area contributed by atoms with E-state index in [2.05, 4.69) is 10.6 Å². The van der Waals surface area contributed by atoms with Crippen LogP contribution in [0.3, 0.4) is 0 Å². The normalized spacial score (nSPS) is 10.8. The van der Waals surface area contributed by atoms with E-state index in [-0.39, 0.29) is 10.6 Å². The number of nitrogens with zero attached hydrogens (tertiary/aromatic N) is 1. The molecule has 5 nitrogen and oxygen atoms in total. The molecule has 24 heavy (non-hydrogen) atoms. The number of nitrogen functional groups attached to an aromatic ring is 1. The summed E-state index contributed by atoms with van der Waals surface area (Å²) >= 11 is 11.8. The van der Waals surface area contributed by atoms with Crippen LogP contribution in [0.1, 0.15) is 5.56 Å². The third kappa shape index (κ3) is 4.42. The lowest BCUT2D eigenvalue weighted by atomic mass is 10.2.